The lowest BCUT2D eigenvalue weighted by Crippen LogP contribution is -2.33. The Morgan fingerprint density at radius 2 is 1.92 bits per heavy atom. The summed E-state index contributed by atoms with van der Waals surface area (Å²) in [5.74, 6) is -0.549. The molecule has 136 valence electrons. The second kappa shape index (κ2) is 10.4. The maximum Gasteiger partial charge on any atom is 0.254 e. The first-order valence-corrected chi connectivity index (χ1v) is 7.94. The normalized spacial score (nSPS) is 10.2. The van der Waals surface area contributed by atoms with Gasteiger partial charge in [0.1, 0.15) is 5.82 Å². The molecule has 0 fully saturated rings. The van der Waals surface area contributed by atoms with Crippen molar-refractivity contribution in [3.05, 3.63) is 70.0 Å². The highest BCUT2D eigenvalue weighted by atomic mass is 35.5. The molecule has 7 heteroatoms. The largest absolute Gasteiger partial charge is 0.383 e. The summed E-state index contributed by atoms with van der Waals surface area (Å²) in [7, 11) is 1.57. The van der Waals surface area contributed by atoms with E-state index in [0.717, 1.165) is 5.56 Å². The first kappa shape index (κ1) is 21.4. The van der Waals surface area contributed by atoms with E-state index < -0.39 is 5.82 Å². The minimum Gasteiger partial charge on any atom is -0.383 e. The van der Waals surface area contributed by atoms with Crippen molar-refractivity contribution in [2.75, 3.05) is 20.3 Å². The van der Waals surface area contributed by atoms with Crippen LogP contribution in [-0.4, -0.2) is 31.1 Å². The van der Waals surface area contributed by atoms with Crippen molar-refractivity contribution in [1.29, 1.82) is 0 Å². The molecule has 2 aromatic carbocycles. The second-order valence-electron chi connectivity index (χ2n) is 5.36. The van der Waals surface area contributed by atoms with Gasteiger partial charge in [-0.3, -0.25) is 4.79 Å². The molecular formula is C18H21Cl2FN2O2. The van der Waals surface area contributed by atoms with Gasteiger partial charge in [-0.1, -0.05) is 29.8 Å². The van der Waals surface area contributed by atoms with Crippen LogP contribution in [0.25, 0.3) is 0 Å². The summed E-state index contributed by atoms with van der Waals surface area (Å²) in [6.07, 6.45) is 0. The summed E-state index contributed by atoms with van der Waals surface area (Å²) >= 11 is 6.07. The molecule has 25 heavy (non-hydrogen) atoms. The van der Waals surface area contributed by atoms with E-state index in [1.165, 1.54) is 12.1 Å². The maximum absolute atomic E-state index is 13.2. The zero-order valence-electron chi connectivity index (χ0n) is 13.9. The fraction of sp³-hybridized carbons (Fsp3) is 0.278. The van der Waals surface area contributed by atoms with Crippen LogP contribution in [0.2, 0.25) is 5.02 Å². The molecule has 0 spiro atoms. The Hall–Kier alpha value is -1.66. The average molecular weight is 387 g/mol. The Kier molecular flexibility index (Phi) is 8.86. The number of hydrogen-bond acceptors (Lipinski definition) is 3. The summed E-state index contributed by atoms with van der Waals surface area (Å²) in [4.78, 5) is 14.4. The van der Waals surface area contributed by atoms with Crippen molar-refractivity contribution in [3.63, 3.8) is 0 Å². The van der Waals surface area contributed by atoms with Crippen LogP contribution in [0.15, 0.2) is 42.5 Å². The molecular weight excluding hydrogens is 366 g/mol. The van der Waals surface area contributed by atoms with E-state index >= 15 is 0 Å². The van der Waals surface area contributed by atoms with E-state index in [9.17, 15) is 9.18 Å². The number of halogens is 3. The maximum atomic E-state index is 13.2. The molecule has 1 amide bonds. The molecule has 4 nitrogen and oxygen atoms in total. The summed E-state index contributed by atoms with van der Waals surface area (Å²) < 4.78 is 18.3. The van der Waals surface area contributed by atoms with Crippen molar-refractivity contribution in [2.45, 2.75) is 13.1 Å². The molecule has 0 unspecified atom stereocenters. The molecule has 2 rings (SSSR count). The van der Waals surface area contributed by atoms with Gasteiger partial charge in [0.05, 0.1) is 6.61 Å². The molecule has 0 bridgehead atoms. The SMILES string of the molecule is COCCN(Cc1ccc(F)cc1Cl)C(=O)c1ccc(CN)cc1.Cl. The van der Waals surface area contributed by atoms with Crippen LogP contribution in [-0.2, 0) is 17.8 Å². The average Bonchev–Trinajstić information content (AvgIpc) is 2.60. The molecule has 0 aliphatic carbocycles. The topological polar surface area (TPSA) is 55.6 Å². The zero-order valence-corrected chi connectivity index (χ0v) is 15.4. The third-order valence-corrected chi connectivity index (χ3v) is 4.02. The molecule has 2 aromatic rings. The quantitative estimate of drug-likeness (QED) is 0.789. The van der Waals surface area contributed by atoms with E-state index in [0.29, 0.717) is 35.8 Å². The fourth-order valence-corrected chi connectivity index (χ4v) is 2.50. The van der Waals surface area contributed by atoms with Crippen LogP contribution in [0.4, 0.5) is 4.39 Å². The van der Waals surface area contributed by atoms with Gasteiger partial charge in [0.15, 0.2) is 0 Å². The van der Waals surface area contributed by atoms with Crippen molar-refractivity contribution < 1.29 is 13.9 Å². The van der Waals surface area contributed by atoms with Crippen LogP contribution in [0, 0.1) is 5.82 Å². The number of nitrogens with zero attached hydrogens (tertiary/aromatic N) is 1. The summed E-state index contributed by atoms with van der Waals surface area (Å²) in [5.41, 5.74) is 7.77. The van der Waals surface area contributed by atoms with E-state index in [4.69, 9.17) is 22.1 Å². The van der Waals surface area contributed by atoms with Gasteiger partial charge in [-0.05, 0) is 35.4 Å². The van der Waals surface area contributed by atoms with Gasteiger partial charge in [-0.2, -0.15) is 0 Å². The number of carbonyl (C=O) groups is 1. The highest BCUT2D eigenvalue weighted by Crippen LogP contribution is 2.20. The van der Waals surface area contributed by atoms with E-state index in [2.05, 4.69) is 0 Å². The monoisotopic (exact) mass is 386 g/mol. The summed E-state index contributed by atoms with van der Waals surface area (Å²) in [6, 6.07) is 11.3. The number of carbonyl (C=O) groups excluding carboxylic acids is 1. The number of benzene rings is 2. The van der Waals surface area contributed by atoms with Crippen molar-refractivity contribution in [1.82, 2.24) is 4.90 Å². The lowest BCUT2D eigenvalue weighted by molar-refractivity contribution is 0.0680. The van der Waals surface area contributed by atoms with Gasteiger partial charge in [0.2, 0.25) is 0 Å². The standard InChI is InChI=1S/C18H20ClFN2O2.ClH/c1-24-9-8-22(12-15-6-7-16(20)10-17(15)19)18(23)14-4-2-13(11-21)3-5-14;/h2-7,10H,8-9,11-12,21H2,1H3;1H. The third kappa shape index (κ3) is 5.97. The number of methoxy groups -OCH3 is 1. The van der Waals surface area contributed by atoms with Gasteiger partial charge < -0.3 is 15.4 Å². The van der Waals surface area contributed by atoms with Gasteiger partial charge in [0.25, 0.3) is 5.91 Å². The second-order valence-corrected chi connectivity index (χ2v) is 5.76. The molecule has 0 radical (unpaired) electrons. The third-order valence-electron chi connectivity index (χ3n) is 3.67. The minimum atomic E-state index is -0.407. The van der Waals surface area contributed by atoms with Crippen molar-refractivity contribution in [3.8, 4) is 0 Å². The van der Waals surface area contributed by atoms with Crippen LogP contribution in [0.5, 0.6) is 0 Å². The number of rotatable bonds is 7. The lowest BCUT2D eigenvalue weighted by atomic mass is 10.1. The zero-order chi connectivity index (χ0) is 17.5. The van der Waals surface area contributed by atoms with Gasteiger partial charge in [-0.25, -0.2) is 4.39 Å². The summed E-state index contributed by atoms with van der Waals surface area (Å²) in [6.45, 7) is 1.50. The Bertz CT molecular complexity index is 696. The molecule has 0 atom stereocenters. The van der Waals surface area contributed by atoms with Crippen LogP contribution < -0.4 is 5.73 Å². The van der Waals surface area contributed by atoms with Gasteiger partial charge >= 0.3 is 0 Å². The first-order valence-electron chi connectivity index (χ1n) is 7.56. The van der Waals surface area contributed by atoms with E-state index in [1.807, 2.05) is 12.1 Å². The summed E-state index contributed by atoms with van der Waals surface area (Å²) in [5, 5.41) is 0.295. The predicted octanol–water partition coefficient (Wildman–Crippen LogP) is 3.65. The first-order chi connectivity index (χ1) is 11.5. The predicted molar refractivity (Wildman–Crippen MR) is 99.6 cm³/mol. The number of hydrogen-bond donors (Lipinski definition) is 1. The van der Waals surface area contributed by atoms with Gasteiger partial charge in [0, 0.05) is 37.3 Å². The van der Waals surface area contributed by atoms with Crippen molar-refractivity contribution >= 4 is 29.9 Å². The molecule has 0 heterocycles. The molecule has 0 aliphatic rings. The number of amides is 1. The molecule has 0 saturated heterocycles. The Morgan fingerprint density at radius 3 is 2.48 bits per heavy atom. The lowest BCUT2D eigenvalue weighted by Gasteiger charge is -2.23. The Labute approximate surface area is 158 Å². The Morgan fingerprint density at radius 1 is 1.24 bits per heavy atom. The van der Waals surface area contributed by atoms with Crippen LogP contribution in [0.1, 0.15) is 21.5 Å². The molecule has 0 aliphatic heterocycles. The molecule has 0 aromatic heterocycles. The van der Waals surface area contributed by atoms with E-state index in [-0.39, 0.29) is 24.9 Å². The van der Waals surface area contributed by atoms with Gasteiger partial charge in [-0.15, -0.1) is 12.4 Å². The molecule has 2 N–H and O–H groups in total. The Balaban J connectivity index is 0.00000312. The minimum absolute atomic E-state index is 0. The highest BCUT2D eigenvalue weighted by molar-refractivity contribution is 6.31. The molecule has 0 saturated carbocycles. The van der Waals surface area contributed by atoms with E-state index in [1.54, 1.807) is 30.2 Å². The van der Waals surface area contributed by atoms with Crippen LogP contribution in [0.3, 0.4) is 0 Å². The van der Waals surface area contributed by atoms with Crippen molar-refractivity contribution in [2.24, 2.45) is 5.73 Å². The number of ether oxygens (including phenoxy) is 1. The number of nitrogens with two attached hydrogens (primary N) is 1. The van der Waals surface area contributed by atoms with Crippen LogP contribution >= 0.6 is 24.0 Å². The fourth-order valence-electron chi connectivity index (χ4n) is 2.28. The smallest absolute Gasteiger partial charge is 0.254 e. The highest BCUT2D eigenvalue weighted by Gasteiger charge is 2.17.